The summed E-state index contributed by atoms with van der Waals surface area (Å²) in [5, 5.41) is 6.32. The van der Waals surface area contributed by atoms with E-state index in [0.717, 1.165) is 0 Å². The molecule has 0 bridgehead atoms. The van der Waals surface area contributed by atoms with Crippen LogP contribution in [0.4, 0.5) is 0 Å². The fourth-order valence-electron chi connectivity index (χ4n) is 2.93. The highest BCUT2D eigenvalue weighted by Crippen LogP contribution is 2.28. The number of carbonyl (C=O) groups is 3. The van der Waals surface area contributed by atoms with Crippen molar-refractivity contribution in [2.75, 3.05) is 52.7 Å². The first-order valence-corrected chi connectivity index (χ1v) is 11.4. The highest BCUT2D eigenvalue weighted by molar-refractivity contribution is 6.35. The molecule has 2 N–H and O–H groups in total. The van der Waals surface area contributed by atoms with Crippen molar-refractivity contribution < 1.29 is 33.3 Å². The van der Waals surface area contributed by atoms with E-state index in [1.54, 1.807) is 23.1 Å². The summed E-state index contributed by atoms with van der Waals surface area (Å²) in [6, 6.07) is 5.02. The van der Waals surface area contributed by atoms with E-state index < -0.39 is 11.8 Å². The summed E-state index contributed by atoms with van der Waals surface area (Å²) in [5.41, 5.74) is 2.80. The molecule has 1 aromatic rings. The van der Waals surface area contributed by atoms with Gasteiger partial charge < -0.3 is 29.2 Å². The summed E-state index contributed by atoms with van der Waals surface area (Å²) in [7, 11) is 0. The second kappa shape index (κ2) is 14.9. The first-order valence-electron chi connectivity index (χ1n) is 11.4. The summed E-state index contributed by atoms with van der Waals surface area (Å²) in [4.78, 5) is 37.6. The standard InChI is InChI=1S/C23H34N4O7/c1-4-32-20-14-18(6-7-19(20)34-16-21(28)27-9-12-31-13-10-27)15-25-26-23(30)22(29)24-8-5-11-33-17(2)3/h6-7,14-15,17H,4-5,8-13,16H2,1-3H3,(H,24,29)(H,26,30)/b25-15-. The molecule has 0 spiro atoms. The fraction of sp³-hybridized carbons (Fsp3) is 0.565. The number of hydrazone groups is 1. The number of hydrogen-bond donors (Lipinski definition) is 2. The molecule has 34 heavy (non-hydrogen) atoms. The minimum absolute atomic E-state index is 0.109. The first-order chi connectivity index (χ1) is 16.4. The maximum Gasteiger partial charge on any atom is 0.329 e. The lowest BCUT2D eigenvalue weighted by atomic mass is 10.2. The van der Waals surface area contributed by atoms with E-state index in [4.69, 9.17) is 18.9 Å². The Morgan fingerprint density at radius 2 is 1.91 bits per heavy atom. The highest BCUT2D eigenvalue weighted by Gasteiger charge is 2.18. The molecule has 1 aromatic carbocycles. The van der Waals surface area contributed by atoms with Crippen LogP contribution in [0.25, 0.3) is 0 Å². The predicted octanol–water partition coefficient (Wildman–Crippen LogP) is 0.704. The molecule has 3 amide bonds. The molecule has 1 saturated heterocycles. The van der Waals surface area contributed by atoms with Crippen LogP contribution in [-0.2, 0) is 23.9 Å². The van der Waals surface area contributed by atoms with Gasteiger partial charge in [0.1, 0.15) is 0 Å². The van der Waals surface area contributed by atoms with Gasteiger partial charge in [0.15, 0.2) is 18.1 Å². The van der Waals surface area contributed by atoms with Gasteiger partial charge in [-0.1, -0.05) is 0 Å². The largest absolute Gasteiger partial charge is 0.490 e. The van der Waals surface area contributed by atoms with E-state index >= 15 is 0 Å². The van der Waals surface area contributed by atoms with Gasteiger partial charge in [0.05, 0.1) is 32.1 Å². The van der Waals surface area contributed by atoms with Gasteiger partial charge >= 0.3 is 11.8 Å². The minimum atomic E-state index is -0.868. The van der Waals surface area contributed by atoms with Crippen molar-refractivity contribution >= 4 is 23.9 Å². The fourth-order valence-corrected chi connectivity index (χ4v) is 2.93. The Morgan fingerprint density at radius 1 is 1.15 bits per heavy atom. The lowest BCUT2D eigenvalue weighted by Gasteiger charge is -2.26. The molecule has 1 aliphatic rings. The molecule has 2 rings (SSSR count). The maximum atomic E-state index is 12.3. The molecule has 0 unspecified atom stereocenters. The molecule has 0 atom stereocenters. The summed E-state index contributed by atoms with van der Waals surface area (Å²) < 4.78 is 21.9. The Labute approximate surface area is 199 Å². The lowest BCUT2D eigenvalue weighted by molar-refractivity contribution is -0.139. The summed E-state index contributed by atoms with van der Waals surface area (Å²) in [5.74, 6) is -0.901. The third-order valence-corrected chi connectivity index (χ3v) is 4.63. The normalized spacial score (nSPS) is 13.7. The van der Waals surface area contributed by atoms with Crippen LogP contribution < -0.4 is 20.2 Å². The quantitative estimate of drug-likeness (QED) is 0.196. The van der Waals surface area contributed by atoms with Gasteiger partial charge in [-0.15, -0.1) is 0 Å². The minimum Gasteiger partial charge on any atom is -0.490 e. The monoisotopic (exact) mass is 478 g/mol. The van der Waals surface area contributed by atoms with Crippen molar-refractivity contribution in [2.45, 2.75) is 33.3 Å². The summed E-state index contributed by atoms with van der Waals surface area (Å²) in [6.07, 6.45) is 2.11. The second-order valence-corrected chi connectivity index (χ2v) is 7.65. The number of nitrogens with one attached hydrogen (secondary N) is 2. The van der Waals surface area contributed by atoms with Gasteiger partial charge in [0.25, 0.3) is 5.91 Å². The van der Waals surface area contributed by atoms with Crippen LogP contribution in [0.2, 0.25) is 0 Å². The summed E-state index contributed by atoms with van der Waals surface area (Å²) >= 11 is 0. The van der Waals surface area contributed by atoms with Crippen molar-refractivity contribution in [2.24, 2.45) is 5.10 Å². The number of hydrogen-bond acceptors (Lipinski definition) is 8. The van der Waals surface area contributed by atoms with Gasteiger partial charge in [-0.05, 0) is 51.0 Å². The SMILES string of the molecule is CCOc1cc(/C=N\NC(=O)C(=O)NCCCOC(C)C)ccc1OCC(=O)N1CCOCC1. The number of morpholine rings is 1. The Balaban J connectivity index is 1.83. The smallest absolute Gasteiger partial charge is 0.329 e. The van der Waals surface area contributed by atoms with Gasteiger partial charge in [-0.2, -0.15) is 5.10 Å². The van der Waals surface area contributed by atoms with Crippen molar-refractivity contribution in [3.8, 4) is 11.5 Å². The van der Waals surface area contributed by atoms with Crippen molar-refractivity contribution in [3.05, 3.63) is 23.8 Å². The molecule has 0 aliphatic carbocycles. The first kappa shape index (κ1) is 27.1. The van der Waals surface area contributed by atoms with Crippen LogP contribution in [-0.4, -0.2) is 87.6 Å². The van der Waals surface area contributed by atoms with E-state index in [2.05, 4.69) is 15.8 Å². The Bertz CT molecular complexity index is 839. The number of carbonyl (C=O) groups excluding carboxylic acids is 3. The number of nitrogens with zero attached hydrogens (tertiary/aromatic N) is 2. The molecular formula is C23H34N4O7. The molecule has 0 saturated carbocycles. The molecule has 1 heterocycles. The molecular weight excluding hydrogens is 444 g/mol. The molecule has 11 heteroatoms. The third-order valence-electron chi connectivity index (χ3n) is 4.63. The molecule has 0 radical (unpaired) electrons. The molecule has 11 nitrogen and oxygen atoms in total. The van der Waals surface area contributed by atoms with Crippen molar-refractivity contribution in [3.63, 3.8) is 0 Å². The highest BCUT2D eigenvalue weighted by atomic mass is 16.5. The average molecular weight is 479 g/mol. The van der Waals surface area contributed by atoms with Gasteiger partial charge in [-0.25, -0.2) is 5.43 Å². The van der Waals surface area contributed by atoms with Crippen LogP contribution in [0.15, 0.2) is 23.3 Å². The van der Waals surface area contributed by atoms with Crippen LogP contribution >= 0.6 is 0 Å². The van der Waals surface area contributed by atoms with Crippen LogP contribution in [0.5, 0.6) is 11.5 Å². The number of benzene rings is 1. The zero-order chi connectivity index (χ0) is 24.8. The van der Waals surface area contributed by atoms with E-state index in [1.807, 2.05) is 20.8 Å². The second-order valence-electron chi connectivity index (χ2n) is 7.65. The van der Waals surface area contributed by atoms with Crippen LogP contribution in [0, 0.1) is 0 Å². The number of ether oxygens (including phenoxy) is 4. The van der Waals surface area contributed by atoms with Crippen LogP contribution in [0.1, 0.15) is 32.8 Å². The zero-order valence-electron chi connectivity index (χ0n) is 20.0. The van der Waals surface area contributed by atoms with Gasteiger partial charge in [0.2, 0.25) is 0 Å². The molecule has 0 aromatic heterocycles. The molecule has 1 fully saturated rings. The average Bonchev–Trinajstić information content (AvgIpc) is 2.83. The number of amides is 3. The predicted molar refractivity (Wildman–Crippen MR) is 125 cm³/mol. The molecule has 188 valence electrons. The van der Waals surface area contributed by atoms with Crippen molar-refractivity contribution in [1.82, 2.24) is 15.6 Å². The zero-order valence-corrected chi connectivity index (χ0v) is 20.0. The van der Waals surface area contributed by atoms with E-state index in [1.165, 1.54) is 6.21 Å². The lowest BCUT2D eigenvalue weighted by Crippen LogP contribution is -2.43. The Morgan fingerprint density at radius 3 is 2.62 bits per heavy atom. The third kappa shape index (κ3) is 9.75. The van der Waals surface area contributed by atoms with Gasteiger partial charge in [0, 0.05) is 26.2 Å². The van der Waals surface area contributed by atoms with E-state index in [0.29, 0.717) is 69.5 Å². The van der Waals surface area contributed by atoms with E-state index in [-0.39, 0.29) is 18.6 Å². The maximum absolute atomic E-state index is 12.3. The summed E-state index contributed by atoms with van der Waals surface area (Å²) in [6.45, 7) is 8.94. The van der Waals surface area contributed by atoms with Crippen molar-refractivity contribution in [1.29, 1.82) is 0 Å². The van der Waals surface area contributed by atoms with E-state index in [9.17, 15) is 14.4 Å². The van der Waals surface area contributed by atoms with Gasteiger partial charge in [-0.3, -0.25) is 14.4 Å². The van der Waals surface area contributed by atoms with Crippen LogP contribution in [0.3, 0.4) is 0 Å². The number of rotatable bonds is 12. The topological polar surface area (TPSA) is 128 Å². The Kier molecular flexibility index (Phi) is 11.8. The molecule has 1 aliphatic heterocycles. The Hall–Kier alpha value is -3.18.